The second kappa shape index (κ2) is 10.0. The van der Waals surface area contributed by atoms with Gasteiger partial charge in [-0.1, -0.05) is 0 Å². The molecule has 0 spiro atoms. The molecule has 3 unspecified atom stereocenters. The van der Waals surface area contributed by atoms with Crippen molar-refractivity contribution in [2.45, 2.75) is 25.4 Å². The number of hydrogen-bond acceptors (Lipinski definition) is 13. The Labute approximate surface area is 185 Å². The SMILES string of the molecule is COP(=O)(O)OP(=O)(OC)OP(=O)(O)OC[C@H]1O[C@@H](n2ccc(=O)[nH]c2=O)[C@](C)(C#N)[C@@H]1O. The maximum Gasteiger partial charge on any atom is 0.492 e. The second-order valence-electron chi connectivity index (χ2n) is 6.59. The van der Waals surface area contributed by atoms with Crippen LogP contribution in [0.5, 0.6) is 0 Å². The van der Waals surface area contributed by atoms with E-state index >= 15 is 0 Å². The summed E-state index contributed by atoms with van der Waals surface area (Å²) < 4.78 is 63.3. The zero-order valence-corrected chi connectivity index (χ0v) is 19.8. The van der Waals surface area contributed by atoms with E-state index in [4.69, 9.17) is 4.74 Å². The van der Waals surface area contributed by atoms with Crippen LogP contribution < -0.4 is 11.2 Å². The Bertz CT molecular complexity index is 1180. The predicted octanol–water partition coefficient (Wildman–Crippen LogP) is -0.0237. The number of ether oxygens (including phenoxy) is 1. The van der Waals surface area contributed by atoms with Crippen molar-refractivity contribution in [3.63, 3.8) is 0 Å². The van der Waals surface area contributed by atoms with Crippen LogP contribution in [0, 0.1) is 16.7 Å². The third kappa shape index (κ3) is 6.34. The molecule has 2 heterocycles. The van der Waals surface area contributed by atoms with Crippen molar-refractivity contribution in [2.75, 3.05) is 20.8 Å². The first-order valence-corrected chi connectivity index (χ1v) is 13.1. The molecule has 0 aromatic carbocycles. The maximum atomic E-state index is 12.2. The van der Waals surface area contributed by atoms with Crippen molar-refractivity contribution in [3.8, 4) is 6.07 Å². The van der Waals surface area contributed by atoms with Gasteiger partial charge in [0, 0.05) is 26.5 Å². The Kier molecular flexibility index (Phi) is 8.41. The molecule has 1 aromatic heterocycles. The minimum atomic E-state index is -5.36. The zero-order chi connectivity index (χ0) is 25.2. The van der Waals surface area contributed by atoms with E-state index in [0.717, 1.165) is 16.8 Å². The number of aromatic amines is 1. The summed E-state index contributed by atoms with van der Waals surface area (Å²) in [6, 6.07) is 2.75. The summed E-state index contributed by atoms with van der Waals surface area (Å²) in [7, 11) is -14.1. The first kappa shape index (κ1) is 27.7. The molecule has 1 aliphatic heterocycles. The molecule has 20 heteroatoms. The summed E-state index contributed by atoms with van der Waals surface area (Å²) in [4.78, 5) is 44.3. The fourth-order valence-electron chi connectivity index (χ4n) is 2.69. The van der Waals surface area contributed by atoms with Crippen molar-refractivity contribution < 1.29 is 55.5 Å². The molecule has 2 rings (SSSR count). The summed E-state index contributed by atoms with van der Waals surface area (Å²) in [5.41, 5.74) is -3.47. The fraction of sp³-hybridized carbons (Fsp3) is 0.615. The Morgan fingerprint density at radius 2 is 1.82 bits per heavy atom. The van der Waals surface area contributed by atoms with Crippen LogP contribution in [0.3, 0.4) is 0 Å². The largest absolute Gasteiger partial charge is 0.492 e. The van der Waals surface area contributed by atoms with Crippen molar-refractivity contribution in [2.24, 2.45) is 5.41 Å². The number of H-pyrrole nitrogens is 1. The van der Waals surface area contributed by atoms with Crippen molar-refractivity contribution in [3.05, 3.63) is 33.1 Å². The van der Waals surface area contributed by atoms with Crippen molar-refractivity contribution in [1.29, 1.82) is 5.26 Å². The summed E-state index contributed by atoms with van der Waals surface area (Å²) in [5, 5.41) is 20.1. The van der Waals surface area contributed by atoms with E-state index in [0.29, 0.717) is 14.2 Å². The molecule has 4 N–H and O–H groups in total. The molecule has 0 amide bonds. The van der Waals surface area contributed by atoms with Crippen LogP contribution in [-0.2, 0) is 40.6 Å². The van der Waals surface area contributed by atoms with Gasteiger partial charge in [-0.2, -0.15) is 13.9 Å². The van der Waals surface area contributed by atoms with Crippen LogP contribution in [0.1, 0.15) is 13.2 Å². The molecular weight excluding hydrogens is 515 g/mol. The Hall–Kier alpha value is -1.50. The van der Waals surface area contributed by atoms with Crippen molar-refractivity contribution in [1.82, 2.24) is 9.55 Å². The number of aliphatic hydroxyl groups is 1. The first-order valence-electron chi connectivity index (χ1n) is 8.62. The minimum Gasteiger partial charge on any atom is -0.388 e. The van der Waals surface area contributed by atoms with E-state index in [9.17, 15) is 43.4 Å². The molecule has 186 valence electrons. The number of nitriles is 1. The van der Waals surface area contributed by atoms with E-state index in [1.807, 2.05) is 4.98 Å². The number of aliphatic hydroxyl groups excluding tert-OH is 1. The van der Waals surface area contributed by atoms with E-state index < -0.39 is 65.2 Å². The number of hydrogen-bond donors (Lipinski definition) is 4. The topological polar surface area (TPSA) is 246 Å². The van der Waals surface area contributed by atoms with Crippen LogP contribution in [-0.4, -0.2) is 57.5 Å². The normalized spacial score (nSPS) is 30.6. The van der Waals surface area contributed by atoms with Crippen molar-refractivity contribution >= 4 is 23.5 Å². The van der Waals surface area contributed by atoms with E-state index in [2.05, 4.69) is 22.2 Å². The lowest BCUT2D eigenvalue weighted by Gasteiger charge is -2.25. The van der Waals surface area contributed by atoms with Gasteiger partial charge in [-0.3, -0.25) is 27.9 Å². The molecule has 1 aliphatic rings. The number of phosphoric acid groups is 3. The molecular formula is C13H20N3O14P3. The second-order valence-corrected chi connectivity index (χ2v) is 11.7. The molecule has 1 aromatic rings. The Balaban J connectivity index is 2.20. The number of phosphoric ester groups is 2. The highest BCUT2D eigenvalue weighted by Crippen LogP contribution is 2.69. The van der Waals surface area contributed by atoms with Gasteiger partial charge in [-0.25, -0.2) is 18.5 Å². The quantitative estimate of drug-likeness (QED) is 0.287. The van der Waals surface area contributed by atoms with E-state index in [1.54, 1.807) is 6.07 Å². The van der Waals surface area contributed by atoms with Gasteiger partial charge < -0.3 is 19.6 Å². The Morgan fingerprint density at radius 3 is 2.33 bits per heavy atom. The summed E-state index contributed by atoms with van der Waals surface area (Å²) >= 11 is 0. The average molecular weight is 535 g/mol. The third-order valence-corrected chi connectivity index (χ3v) is 9.03. The highest BCUT2D eigenvalue weighted by atomic mass is 31.3. The number of aromatic nitrogens is 2. The van der Waals surface area contributed by atoms with Gasteiger partial charge in [-0.15, -0.1) is 0 Å². The molecule has 0 aliphatic carbocycles. The van der Waals surface area contributed by atoms with Gasteiger partial charge in [0.2, 0.25) is 0 Å². The average Bonchev–Trinajstić information content (AvgIpc) is 2.97. The lowest BCUT2D eigenvalue weighted by molar-refractivity contribution is -0.0495. The van der Waals surface area contributed by atoms with Gasteiger partial charge in [0.15, 0.2) is 6.23 Å². The van der Waals surface area contributed by atoms with Gasteiger partial charge in [0.05, 0.1) is 12.7 Å². The summed E-state index contributed by atoms with van der Waals surface area (Å²) in [6.45, 7) is 0.275. The molecule has 1 fully saturated rings. The smallest absolute Gasteiger partial charge is 0.388 e. The van der Waals surface area contributed by atoms with Crippen LogP contribution >= 0.6 is 23.5 Å². The molecule has 33 heavy (non-hydrogen) atoms. The predicted molar refractivity (Wildman–Crippen MR) is 104 cm³/mol. The van der Waals surface area contributed by atoms with E-state index in [-0.39, 0.29) is 0 Å². The Morgan fingerprint density at radius 1 is 1.21 bits per heavy atom. The standard InChI is InChI=1S/C13H20N3O14P3/c1-13(7-14)10(18)8(28-11(13)16-5-4-9(17)15-12(16)19)6-27-32(22,23)30-33(24,26-3)29-31(20,21)25-2/h4-5,8,10-11,18H,6H2,1-3H3,(H,20,21)(H,22,23)(H,15,17,19)/t8-,10-,11-,13-,33?/m1/s1. The monoisotopic (exact) mass is 535 g/mol. The molecule has 0 radical (unpaired) electrons. The highest BCUT2D eigenvalue weighted by molar-refractivity contribution is 7.67. The molecule has 1 saturated heterocycles. The van der Waals surface area contributed by atoms with Crippen LogP contribution in [0.25, 0.3) is 0 Å². The fourth-order valence-corrected chi connectivity index (χ4v) is 6.42. The third-order valence-electron chi connectivity index (χ3n) is 4.39. The summed E-state index contributed by atoms with van der Waals surface area (Å²) in [6.07, 6.45) is -3.63. The zero-order valence-electron chi connectivity index (χ0n) is 17.2. The lowest BCUT2D eigenvalue weighted by atomic mass is 9.84. The maximum absolute atomic E-state index is 12.2. The lowest BCUT2D eigenvalue weighted by Crippen LogP contribution is -2.40. The van der Waals surface area contributed by atoms with Gasteiger partial charge in [0.25, 0.3) is 5.56 Å². The van der Waals surface area contributed by atoms with Gasteiger partial charge in [-0.05, 0) is 6.92 Å². The molecule has 7 atom stereocenters. The van der Waals surface area contributed by atoms with Crippen LogP contribution in [0.15, 0.2) is 21.9 Å². The molecule has 17 nitrogen and oxygen atoms in total. The summed E-state index contributed by atoms with van der Waals surface area (Å²) in [5.74, 6) is 0. The highest BCUT2D eigenvalue weighted by Gasteiger charge is 2.55. The van der Waals surface area contributed by atoms with Gasteiger partial charge in [0.1, 0.15) is 17.6 Å². The molecule has 0 bridgehead atoms. The van der Waals surface area contributed by atoms with E-state index in [1.165, 1.54) is 6.92 Å². The first-order chi connectivity index (χ1) is 15.1. The number of nitrogens with zero attached hydrogens (tertiary/aromatic N) is 2. The van der Waals surface area contributed by atoms with Crippen LogP contribution in [0.2, 0.25) is 0 Å². The van der Waals surface area contributed by atoms with Gasteiger partial charge >= 0.3 is 29.2 Å². The minimum absolute atomic E-state index is 0.672. The molecule has 0 saturated carbocycles. The van der Waals surface area contributed by atoms with Crippen LogP contribution in [0.4, 0.5) is 0 Å². The number of nitrogens with one attached hydrogen (secondary N) is 1. The number of rotatable bonds is 10.